The molecular weight excluding hydrogens is 280 g/mol. The molecule has 0 N–H and O–H groups in total. The highest BCUT2D eigenvalue weighted by atomic mass is 79.9. The summed E-state index contributed by atoms with van der Waals surface area (Å²) in [6, 6.07) is 10.3. The molecular formula is C11H8BBrF3-. The number of halogens is 4. The van der Waals surface area contributed by atoms with Crippen LogP contribution in [0.4, 0.5) is 12.9 Å². The van der Waals surface area contributed by atoms with E-state index < -0.39 is 13.3 Å². The van der Waals surface area contributed by atoms with Crippen molar-refractivity contribution in [1.82, 2.24) is 0 Å². The summed E-state index contributed by atoms with van der Waals surface area (Å²) >= 11 is 3.33. The molecule has 0 radical (unpaired) electrons. The summed E-state index contributed by atoms with van der Waals surface area (Å²) in [4.78, 5) is 0. The van der Waals surface area contributed by atoms with E-state index in [1.165, 1.54) is 6.07 Å². The van der Waals surface area contributed by atoms with Gasteiger partial charge in [0, 0.05) is 4.47 Å². The molecule has 5 heteroatoms. The Morgan fingerprint density at radius 3 is 2.19 bits per heavy atom. The maximum Gasteiger partial charge on any atom is 0.482 e. The van der Waals surface area contributed by atoms with Gasteiger partial charge in [-0.05, 0) is 16.8 Å². The quantitative estimate of drug-likeness (QED) is 0.712. The maximum atomic E-state index is 12.4. The Kier molecular flexibility index (Phi) is 2.97. The molecule has 2 aromatic rings. The van der Waals surface area contributed by atoms with Crippen LogP contribution in [0.1, 0.15) is 5.56 Å². The molecule has 0 spiro atoms. The third-order valence-corrected chi connectivity index (χ3v) is 3.10. The summed E-state index contributed by atoms with van der Waals surface area (Å²) in [5, 5.41) is 1.48. The van der Waals surface area contributed by atoms with Crippen LogP contribution in [0, 0.1) is 0 Å². The first kappa shape index (κ1) is 11.5. The highest BCUT2D eigenvalue weighted by molar-refractivity contribution is 9.10. The Morgan fingerprint density at radius 2 is 1.56 bits per heavy atom. The van der Waals surface area contributed by atoms with E-state index in [1.54, 1.807) is 18.2 Å². The van der Waals surface area contributed by atoms with Gasteiger partial charge >= 0.3 is 6.98 Å². The Balaban J connectivity index is 2.59. The van der Waals surface area contributed by atoms with Crippen LogP contribution >= 0.6 is 15.9 Å². The van der Waals surface area contributed by atoms with Crippen LogP contribution in [0.3, 0.4) is 0 Å². The van der Waals surface area contributed by atoms with Crippen LogP contribution < -0.4 is 0 Å². The molecule has 0 amide bonds. The van der Waals surface area contributed by atoms with E-state index in [0.717, 1.165) is 9.86 Å². The lowest BCUT2D eigenvalue weighted by atomic mass is 9.80. The molecule has 0 saturated carbocycles. The van der Waals surface area contributed by atoms with Crippen molar-refractivity contribution < 1.29 is 12.9 Å². The van der Waals surface area contributed by atoms with Crippen molar-refractivity contribution in [2.45, 2.75) is 6.32 Å². The standard InChI is InChI=1S/C11H8BBrF3/c13-11-6-5-8(7-12(14,15)16)9-3-1-2-4-10(9)11/h1-6H,7H2/q-1. The van der Waals surface area contributed by atoms with Crippen molar-refractivity contribution >= 4 is 33.7 Å². The maximum absolute atomic E-state index is 12.4. The summed E-state index contributed by atoms with van der Waals surface area (Å²) in [5.74, 6) is 0. The number of fused-ring (bicyclic) bond motifs is 1. The number of benzene rings is 2. The van der Waals surface area contributed by atoms with Gasteiger partial charge in [0.25, 0.3) is 0 Å². The Morgan fingerprint density at radius 1 is 0.938 bits per heavy atom. The highest BCUT2D eigenvalue weighted by Gasteiger charge is 2.24. The summed E-state index contributed by atoms with van der Waals surface area (Å²) in [6.07, 6.45) is -0.826. The lowest BCUT2D eigenvalue weighted by Crippen LogP contribution is -2.19. The molecule has 0 aliphatic heterocycles. The van der Waals surface area contributed by atoms with Gasteiger partial charge in [-0.1, -0.05) is 58.1 Å². The monoisotopic (exact) mass is 287 g/mol. The minimum Gasteiger partial charge on any atom is -0.449 e. The highest BCUT2D eigenvalue weighted by Crippen LogP contribution is 2.29. The molecule has 0 nitrogen and oxygen atoms in total. The van der Waals surface area contributed by atoms with Gasteiger partial charge in [-0.2, -0.15) is 0 Å². The van der Waals surface area contributed by atoms with E-state index in [0.29, 0.717) is 10.9 Å². The van der Waals surface area contributed by atoms with Crippen molar-refractivity contribution in [1.29, 1.82) is 0 Å². The van der Waals surface area contributed by atoms with Gasteiger partial charge in [-0.3, -0.25) is 0 Å². The molecule has 2 rings (SSSR count). The fourth-order valence-electron chi connectivity index (χ4n) is 1.75. The van der Waals surface area contributed by atoms with E-state index in [2.05, 4.69) is 15.9 Å². The molecule has 16 heavy (non-hydrogen) atoms. The van der Waals surface area contributed by atoms with Crippen molar-refractivity contribution in [2.24, 2.45) is 0 Å². The third-order valence-electron chi connectivity index (χ3n) is 2.41. The van der Waals surface area contributed by atoms with Crippen molar-refractivity contribution in [3.8, 4) is 0 Å². The number of hydrogen-bond acceptors (Lipinski definition) is 0. The average Bonchev–Trinajstić information content (AvgIpc) is 2.21. The lowest BCUT2D eigenvalue weighted by molar-refractivity contribution is 0.469. The fourth-order valence-corrected chi connectivity index (χ4v) is 2.23. The first-order chi connectivity index (χ1) is 7.47. The molecule has 0 unspecified atom stereocenters. The van der Waals surface area contributed by atoms with Crippen LogP contribution in [0.25, 0.3) is 10.8 Å². The second kappa shape index (κ2) is 4.13. The summed E-state index contributed by atoms with van der Waals surface area (Å²) in [7, 11) is 0. The second-order valence-electron chi connectivity index (χ2n) is 3.67. The molecule has 0 fully saturated rings. The van der Waals surface area contributed by atoms with Gasteiger partial charge in [0.05, 0.1) is 0 Å². The molecule has 0 saturated heterocycles. The zero-order valence-corrected chi connectivity index (χ0v) is 9.85. The van der Waals surface area contributed by atoms with Crippen molar-refractivity contribution in [2.75, 3.05) is 0 Å². The molecule has 0 aliphatic carbocycles. The van der Waals surface area contributed by atoms with E-state index in [9.17, 15) is 12.9 Å². The molecule has 0 atom stereocenters. The Hall–Kier alpha value is -0.965. The fraction of sp³-hybridized carbons (Fsp3) is 0.0909. The lowest BCUT2D eigenvalue weighted by Gasteiger charge is -2.15. The van der Waals surface area contributed by atoms with Gasteiger partial charge in [0.1, 0.15) is 0 Å². The van der Waals surface area contributed by atoms with Gasteiger partial charge in [-0.25, -0.2) is 0 Å². The van der Waals surface area contributed by atoms with Crippen LogP contribution in [0.2, 0.25) is 0 Å². The van der Waals surface area contributed by atoms with Gasteiger partial charge in [0.15, 0.2) is 0 Å². The van der Waals surface area contributed by atoms with E-state index in [4.69, 9.17) is 0 Å². The topological polar surface area (TPSA) is 0 Å². The zero-order valence-electron chi connectivity index (χ0n) is 8.26. The normalized spacial score (nSPS) is 12.0. The van der Waals surface area contributed by atoms with E-state index in [-0.39, 0.29) is 0 Å². The zero-order chi connectivity index (χ0) is 11.8. The molecule has 0 aromatic heterocycles. The second-order valence-corrected chi connectivity index (χ2v) is 4.52. The van der Waals surface area contributed by atoms with Crippen LogP contribution in [0.5, 0.6) is 0 Å². The predicted molar refractivity (Wildman–Crippen MR) is 64.4 cm³/mol. The Labute approximate surface area is 99.6 Å². The van der Waals surface area contributed by atoms with Crippen molar-refractivity contribution in [3.63, 3.8) is 0 Å². The SMILES string of the molecule is F[B-](F)(F)Cc1ccc(Br)c2ccccc12. The largest absolute Gasteiger partial charge is 0.482 e. The molecule has 2 aromatic carbocycles. The van der Waals surface area contributed by atoms with Gasteiger partial charge < -0.3 is 12.9 Å². The third kappa shape index (κ3) is 2.40. The van der Waals surface area contributed by atoms with Gasteiger partial charge in [-0.15, -0.1) is 0 Å². The predicted octanol–water partition coefficient (Wildman–Crippen LogP) is 4.53. The van der Waals surface area contributed by atoms with Gasteiger partial charge in [0.2, 0.25) is 0 Å². The Bertz CT molecular complexity index is 522. The molecule has 0 aliphatic rings. The van der Waals surface area contributed by atoms with Crippen LogP contribution in [-0.4, -0.2) is 6.98 Å². The van der Waals surface area contributed by atoms with Crippen LogP contribution in [-0.2, 0) is 6.32 Å². The van der Waals surface area contributed by atoms with E-state index in [1.807, 2.05) is 12.1 Å². The number of hydrogen-bond donors (Lipinski definition) is 0. The van der Waals surface area contributed by atoms with E-state index >= 15 is 0 Å². The first-order valence-electron chi connectivity index (χ1n) is 4.84. The number of rotatable bonds is 2. The smallest absolute Gasteiger partial charge is 0.449 e. The average molecular weight is 288 g/mol. The molecule has 0 bridgehead atoms. The molecule has 0 heterocycles. The van der Waals surface area contributed by atoms with Crippen molar-refractivity contribution in [3.05, 3.63) is 46.4 Å². The first-order valence-corrected chi connectivity index (χ1v) is 5.64. The summed E-state index contributed by atoms with van der Waals surface area (Å²) < 4.78 is 38.1. The summed E-state index contributed by atoms with van der Waals surface area (Å²) in [5.41, 5.74) is 0.339. The molecule has 84 valence electrons. The van der Waals surface area contributed by atoms with Crippen LogP contribution in [0.15, 0.2) is 40.9 Å². The minimum atomic E-state index is -4.79. The minimum absolute atomic E-state index is 0.339. The summed E-state index contributed by atoms with van der Waals surface area (Å²) in [6.45, 7) is -4.79.